The number of piperidine rings is 1. The Morgan fingerprint density at radius 3 is 3.16 bits per heavy atom. The van der Waals surface area contributed by atoms with E-state index in [1.165, 1.54) is 19.3 Å². The molecule has 1 aliphatic rings. The average molecular weight is 259 g/mol. The van der Waals surface area contributed by atoms with Gasteiger partial charge in [-0.05, 0) is 44.9 Å². The van der Waals surface area contributed by atoms with Crippen molar-refractivity contribution in [3.05, 3.63) is 24.0 Å². The predicted octanol–water partition coefficient (Wildman–Crippen LogP) is 2.78. The van der Waals surface area contributed by atoms with Crippen LogP contribution >= 0.6 is 0 Å². The highest BCUT2D eigenvalue weighted by atomic mass is 16.5. The number of benzene rings is 1. The second-order valence-electron chi connectivity index (χ2n) is 5.29. The van der Waals surface area contributed by atoms with Gasteiger partial charge in [-0.2, -0.15) is 0 Å². The van der Waals surface area contributed by atoms with Gasteiger partial charge >= 0.3 is 0 Å². The van der Waals surface area contributed by atoms with E-state index in [2.05, 4.69) is 15.3 Å². The lowest BCUT2D eigenvalue weighted by atomic mass is 10.0. The Kier molecular flexibility index (Phi) is 3.69. The Morgan fingerprint density at radius 1 is 1.37 bits per heavy atom. The molecule has 0 radical (unpaired) electrons. The molecule has 4 heteroatoms. The van der Waals surface area contributed by atoms with Crippen LogP contribution in [0.15, 0.2) is 18.2 Å². The third kappa shape index (κ3) is 3.07. The zero-order chi connectivity index (χ0) is 13.1. The fourth-order valence-corrected chi connectivity index (χ4v) is 2.70. The lowest BCUT2D eigenvalue weighted by Crippen LogP contribution is -2.35. The van der Waals surface area contributed by atoms with Crippen LogP contribution in [0.4, 0.5) is 0 Å². The topological polar surface area (TPSA) is 49.9 Å². The van der Waals surface area contributed by atoms with Crippen LogP contribution in [0.2, 0.25) is 0 Å². The maximum absolute atomic E-state index is 5.84. The molecule has 0 amide bonds. The smallest absolute Gasteiger partial charge is 0.121 e. The van der Waals surface area contributed by atoms with Crippen molar-refractivity contribution in [1.82, 2.24) is 15.3 Å². The Balaban J connectivity index is 1.55. The lowest BCUT2D eigenvalue weighted by molar-refractivity contribution is 0.268. The number of nitrogens with zero attached hydrogens (tertiary/aromatic N) is 1. The Labute approximate surface area is 113 Å². The van der Waals surface area contributed by atoms with E-state index in [-0.39, 0.29) is 0 Å². The van der Waals surface area contributed by atoms with Gasteiger partial charge in [0.05, 0.1) is 17.6 Å². The Hall–Kier alpha value is -1.55. The molecule has 0 bridgehead atoms. The SMILES string of the molecule is Cc1nc2ccc(OCCC3CCCCN3)cc2[nH]1. The molecule has 0 saturated carbocycles. The number of ether oxygens (including phenoxy) is 1. The van der Waals surface area contributed by atoms with Crippen molar-refractivity contribution in [2.75, 3.05) is 13.2 Å². The van der Waals surface area contributed by atoms with E-state index in [9.17, 15) is 0 Å². The molecule has 1 atom stereocenters. The second-order valence-corrected chi connectivity index (χ2v) is 5.29. The average Bonchev–Trinajstić information content (AvgIpc) is 2.79. The molecule has 1 aromatic heterocycles. The van der Waals surface area contributed by atoms with Crippen molar-refractivity contribution < 1.29 is 4.74 Å². The lowest BCUT2D eigenvalue weighted by Gasteiger charge is -2.23. The first-order valence-corrected chi connectivity index (χ1v) is 7.14. The van der Waals surface area contributed by atoms with Gasteiger partial charge in [0.25, 0.3) is 0 Å². The molecular weight excluding hydrogens is 238 g/mol. The van der Waals surface area contributed by atoms with Gasteiger partial charge in [0.15, 0.2) is 0 Å². The molecule has 1 fully saturated rings. The zero-order valence-electron chi connectivity index (χ0n) is 11.4. The van der Waals surface area contributed by atoms with Gasteiger partial charge in [-0.3, -0.25) is 0 Å². The maximum atomic E-state index is 5.84. The summed E-state index contributed by atoms with van der Waals surface area (Å²) in [6.45, 7) is 3.90. The Morgan fingerprint density at radius 2 is 2.32 bits per heavy atom. The third-order valence-electron chi connectivity index (χ3n) is 3.72. The molecule has 2 N–H and O–H groups in total. The summed E-state index contributed by atoms with van der Waals surface area (Å²) in [5, 5.41) is 3.54. The van der Waals surface area contributed by atoms with Gasteiger partial charge in [-0.1, -0.05) is 6.42 Å². The number of nitrogens with one attached hydrogen (secondary N) is 2. The van der Waals surface area contributed by atoms with Crippen molar-refractivity contribution in [3.63, 3.8) is 0 Å². The number of H-pyrrole nitrogens is 1. The van der Waals surface area contributed by atoms with Crippen LogP contribution in [-0.2, 0) is 0 Å². The molecule has 19 heavy (non-hydrogen) atoms. The van der Waals surface area contributed by atoms with Crippen molar-refractivity contribution in [1.29, 1.82) is 0 Å². The van der Waals surface area contributed by atoms with Crippen molar-refractivity contribution in [3.8, 4) is 5.75 Å². The van der Waals surface area contributed by atoms with Crippen molar-refractivity contribution in [2.45, 2.75) is 38.6 Å². The van der Waals surface area contributed by atoms with Crippen LogP contribution in [0.25, 0.3) is 11.0 Å². The number of hydrogen-bond acceptors (Lipinski definition) is 3. The first-order chi connectivity index (χ1) is 9.31. The summed E-state index contributed by atoms with van der Waals surface area (Å²) in [4.78, 5) is 7.62. The summed E-state index contributed by atoms with van der Waals surface area (Å²) in [6.07, 6.45) is 5.02. The third-order valence-corrected chi connectivity index (χ3v) is 3.72. The van der Waals surface area contributed by atoms with Crippen LogP contribution in [-0.4, -0.2) is 29.2 Å². The summed E-state index contributed by atoms with van der Waals surface area (Å²) < 4.78 is 5.84. The second kappa shape index (κ2) is 5.61. The van der Waals surface area contributed by atoms with Gasteiger partial charge in [0.2, 0.25) is 0 Å². The maximum Gasteiger partial charge on any atom is 0.121 e. The monoisotopic (exact) mass is 259 g/mol. The fraction of sp³-hybridized carbons (Fsp3) is 0.533. The summed E-state index contributed by atoms with van der Waals surface area (Å²) in [5.74, 6) is 1.87. The summed E-state index contributed by atoms with van der Waals surface area (Å²) in [6, 6.07) is 6.67. The van der Waals surface area contributed by atoms with Gasteiger partial charge in [0, 0.05) is 12.1 Å². The molecule has 1 unspecified atom stereocenters. The number of hydrogen-bond donors (Lipinski definition) is 2. The first kappa shape index (κ1) is 12.5. The number of aryl methyl sites for hydroxylation is 1. The minimum atomic E-state index is 0.631. The number of aromatic amines is 1. The first-order valence-electron chi connectivity index (χ1n) is 7.14. The number of imidazole rings is 1. The van der Waals surface area contributed by atoms with E-state index < -0.39 is 0 Å². The molecule has 1 saturated heterocycles. The molecular formula is C15H21N3O. The molecule has 0 aliphatic carbocycles. The van der Waals surface area contributed by atoms with E-state index in [4.69, 9.17) is 4.74 Å². The molecule has 2 heterocycles. The summed E-state index contributed by atoms with van der Waals surface area (Å²) in [5.41, 5.74) is 2.05. The molecule has 1 aromatic carbocycles. The zero-order valence-corrected chi connectivity index (χ0v) is 11.4. The fourth-order valence-electron chi connectivity index (χ4n) is 2.70. The van der Waals surface area contributed by atoms with E-state index in [1.54, 1.807) is 0 Å². The highest BCUT2D eigenvalue weighted by Crippen LogP contribution is 2.19. The molecule has 0 spiro atoms. The van der Waals surface area contributed by atoms with Crippen LogP contribution in [0.5, 0.6) is 5.75 Å². The number of rotatable bonds is 4. The molecule has 1 aliphatic heterocycles. The van der Waals surface area contributed by atoms with Crippen molar-refractivity contribution >= 4 is 11.0 Å². The van der Waals surface area contributed by atoms with Crippen LogP contribution in [0.3, 0.4) is 0 Å². The molecule has 4 nitrogen and oxygen atoms in total. The Bertz CT molecular complexity index is 543. The highest BCUT2D eigenvalue weighted by molar-refractivity contribution is 5.76. The van der Waals surface area contributed by atoms with Crippen molar-refractivity contribution in [2.24, 2.45) is 0 Å². The number of aromatic nitrogens is 2. The minimum absolute atomic E-state index is 0.631. The van der Waals surface area contributed by atoms with Crippen LogP contribution < -0.4 is 10.1 Å². The molecule has 3 rings (SSSR count). The molecule has 2 aromatic rings. The van der Waals surface area contributed by atoms with Gasteiger partial charge in [0.1, 0.15) is 11.6 Å². The summed E-state index contributed by atoms with van der Waals surface area (Å²) in [7, 11) is 0. The van der Waals surface area contributed by atoms with E-state index in [0.29, 0.717) is 6.04 Å². The standard InChI is InChI=1S/C15H21N3O/c1-11-17-14-6-5-13(10-15(14)18-11)19-9-7-12-4-2-3-8-16-12/h5-6,10,12,16H,2-4,7-9H2,1H3,(H,17,18). The van der Waals surface area contributed by atoms with Gasteiger partial charge < -0.3 is 15.0 Å². The van der Waals surface area contributed by atoms with Gasteiger partial charge in [-0.25, -0.2) is 4.98 Å². The highest BCUT2D eigenvalue weighted by Gasteiger charge is 2.12. The van der Waals surface area contributed by atoms with Gasteiger partial charge in [-0.15, -0.1) is 0 Å². The minimum Gasteiger partial charge on any atom is -0.493 e. The number of fused-ring (bicyclic) bond motifs is 1. The summed E-state index contributed by atoms with van der Waals surface area (Å²) >= 11 is 0. The predicted molar refractivity (Wildman–Crippen MR) is 76.6 cm³/mol. The van der Waals surface area contributed by atoms with E-state index >= 15 is 0 Å². The van der Waals surface area contributed by atoms with Crippen LogP contribution in [0, 0.1) is 6.92 Å². The largest absolute Gasteiger partial charge is 0.493 e. The quantitative estimate of drug-likeness (QED) is 0.887. The normalized spacial score (nSPS) is 19.7. The van der Waals surface area contributed by atoms with E-state index in [1.807, 2.05) is 25.1 Å². The van der Waals surface area contributed by atoms with Crippen LogP contribution in [0.1, 0.15) is 31.5 Å². The van der Waals surface area contributed by atoms with E-state index in [0.717, 1.165) is 42.2 Å². The molecule has 102 valence electrons.